The lowest BCUT2D eigenvalue weighted by Gasteiger charge is -2.43. The molecule has 0 bridgehead atoms. The average Bonchev–Trinajstić information content (AvgIpc) is 2.37. The lowest BCUT2D eigenvalue weighted by atomic mass is 9.80. The first-order valence-corrected chi connectivity index (χ1v) is 7.69. The van der Waals surface area contributed by atoms with Crippen molar-refractivity contribution in [3.63, 3.8) is 0 Å². The van der Waals surface area contributed by atoms with Crippen molar-refractivity contribution < 1.29 is 9.84 Å². The first-order valence-electron chi connectivity index (χ1n) is 7.28. The predicted molar refractivity (Wildman–Crippen MR) is 90.1 cm³/mol. The van der Waals surface area contributed by atoms with Crippen LogP contribution in [0.2, 0.25) is 0 Å². The number of nitrogens with one attached hydrogen (secondary N) is 1. The van der Waals surface area contributed by atoms with E-state index in [4.69, 9.17) is 22.2 Å². The maximum Gasteiger partial charge on any atom is 0.130 e. The first kappa shape index (κ1) is 16.7. The molecule has 5 heteroatoms. The molecule has 4 nitrogen and oxygen atoms in total. The smallest absolute Gasteiger partial charge is 0.130 e. The fourth-order valence-electron chi connectivity index (χ4n) is 2.60. The van der Waals surface area contributed by atoms with Gasteiger partial charge in [0, 0.05) is 11.1 Å². The van der Waals surface area contributed by atoms with Crippen molar-refractivity contribution in [2.24, 2.45) is 0 Å². The number of hydrogen-bond donors (Lipinski definition) is 2. The van der Waals surface area contributed by atoms with Gasteiger partial charge in [-0.05, 0) is 52.8 Å². The minimum Gasteiger partial charge on any atom is -0.485 e. The molecule has 2 atom stereocenters. The number of aliphatic hydroxyl groups is 1. The summed E-state index contributed by atoms with van der Waals surface area (Å²) in [5.41, 5.74) is 0.326. The number of thiocarbonyl (C=S) groups is 1. The summed E-state index contributed by atoms with van der Waals surface area (Å²) in [5, 5.41) is 23.1. The van der Waals surface area contributed by atoms with Gasteiger partial charge in [-0.2, -0.15) is 5.26 Å². The van der Waals surface area contributed by atoms with Gasteiger partial charge >= 0.3 is 0 Å². The van der Waals surface area contributed by atoms with Crippen LogP contribution in [0, 0.1) is 11.3 Å². The normalized spacial score (nSPS) is 23.0. The zero-order valence-corrected chi connectivity index (χ0v) is 14.4. The highest BCUT2D eigenvalue weighted by molar-refractivity contribution is 7.80. The fourth-order valence-corrected chi connectivity index (χ4v) is 3.16. The number of ether oxygens (including phenoxy) is 1. The SMILES string of the molecule is CC(C)(C)NC(=S)[C@@H]1c2cc(C#N)ccc2OC(C)(C)[C@H]1O. The monoisotopic (exact) mass is 318 g/mol. The van der Waals surface area contributed by atoms with E-state index in [1.54, 1.807) is 18.2 Å². The molecule has 1 aliphatic rings. The van der Waals surface area contributed by atoms with Crippen LogP contribution in [0.25, 0.3) is 0 Å². The largest absolute Gasteiger partial charge is 0.485 e. The topological polar surface area (TPSA) is 65.3 Å². The Morgan fingerprint density at radius 1 is 1.41 bits per heavy atom. The van der Waals surface area contributed by atoms with Crippen LogP contribution in [0.15, 0.2) is 18.2 Å². The summed E-state index contributed by atoms with van der Waals surface area (Å²) in [7, 11) is 0. The molecule has 0 aromatic heterocycles. The Morgan fingerprint density at radius 3 is 2.59 bits per heavy atom. The summed E-state index contributed by atoms with van der Waals surface area (Å²) >= 11 is 5.55. The summed E-state index contributed by atoms with van der Waals surface area (Å²) in [5.74, 6) is 0.263. The second-order valence-electron chi connectivity index (χ2n) is 7.23. The summed E-state index contributed by atoms with van der Waals surface area (Å²) in [6.45, 7) is 9.73. The summed E-state index contributed by atoms with van der Waals surface area (Å²) in [4.78, 5) is 0.563. The van der Waals surface area contributed by atoms with E-state index in [-0.39, 0.29) is 5.54 Å². The number of rotatable bonds is 1. The minimum atomic E-state index is -0.795. The van der Waals surface area contributed by atoms with E-state index >= 15 is 0 Å². The summed E-state index contributed by atoms with van der Waals surface area (Å²) in [6, 6.07) is 7.35. The molecule has 2 N–H and O–H groups in total. The van der Waals surface area contributed by atoms with E-state index in [0.29, 0.717) is 16.3 Å². The minimum absolute atomic E-state index is 0.202. The fraction of sp³-hybridized carbons (Fsp3) is 0.529. The molecule has 0 amide bonds. The van der Waals surface area contributed by atoms with E-state index in [0.717, 1.165) is 5.56 Å². The highest BCUT2D eigenvalue weighted by atomic mass is 32.1. The van der Waals surface area contributed by atoms with Crippen molar-refractivity contribution in [3.05, 3.63) is 29.3 Å². The van der Waals surface area contributed by atoms with E-state index in [9.17, 15) is 5.11 Å². The van der Waals surface area contributed by atoms with Gasteiger partial charge < -0.3 is 15.2 Å². The van der Waals surface area contributed by atoms with Crippen LogP contribution < -0.4 is 10.1 Å². The Bertz CT molecular complexity index is 641. The molecule has 22 heavy (non-hydrogen) atoms. The number of nitriles is 1. The molecule has 2 rings (SSSR count). The molecule has 1 aromatic rings. The van der Waals surface area contributed by atoms with Crippen molar-refractivity contribution in [2.45, 2.75) is 57.8 Å². The van der Waals surface area contributed by atoms with Crippen LogP contribution >= 0.6 is 12.2 Å². The van der Waals surface area contributed by atoms with Gasteiger partial charge in [-0.1, -0.05) is 12.2 Å². The molecular weight excluding hydrogens is 296 g/mol. The van der Waals surface area contributed by atoms with E-state index in [1.807, 2.05) is 34.6 Å². The van der Waals surface area contributed by atoms with Crippen LogP contribution in [-0.2, 0) is 0 Å². The number of hydrogen-bond acceptors (Lipinski definition) is 4. The number of nitrogens with zero attached hydrogens (tertiary/aromatic N) is 1. The third kappa shape index (κ3) is 3.23. The Labute approximate surface area is 137 Å². The molecule has 1 heterocycles. The molecule has 0 fully saturated rings. The highest BCUT2D eigenvalue weighted by Gasteiger charge is 2.45. The molecule has 0 saturated heterocycles. The third-order valence-electron chi connectivity index (χ3n) is 3.66. The van der Waals surface area contributed by atoms with E-state index in [2.05, 4.69) is 11.4 Å². The Kier molecular flexibility index (Phi) is 4.20. The molecule has 0 saturated carbocycles. The standard InChI is InChI=1S/C17H22N2O2S/c1-16(2,3)19-15(22)13-11-8-10(9-18)6-7-12(11)21-17(4,5)14(13)20/h6-8,13-14,20H,1-5H3,(H,19,22)/t13-,14+/m1/s1. The second kappa shape index (κ2) is 5.53. The maximum atomic E-state index is 10.7. The predicted octanol–water partition coefficient (Wildman–Crippen LogP) is 2.89. The van der Waals surface area contributed by atoms with Crippen LogP contribution in [-0.4, -0.2) is 27.3 Å². The Morgan fingerprint density at radius 2 is 2.05 bits per heavy atom. The van der Waals surface area contributed by atoms with Crippen LogP contribution in [0.4, 0.5) is 0 Å². The second-order valence-corrected chi connectivity index (χ2v) is 7.67. The zero-order valence-electron chi connectivity index (χ0n) is 13.6. The lowest BCUT2D eigenvalue weighted by Crippen LogP contribution is -2.54. The lowest BCUT2D eigenvalue weighted by molar-refractivity contribution is -0.0469. The number of aliphatic hydroxyl groups excluding tert-OH is 1. The van der Waals surface area contributed by atoms with Crippen LogP contribution in [0.5, 0.6) is 5.75 Å². The molecule has 0 spiro atoms. The summed E-state index contributed by atoms with van der Waals surface area (Å²) in [6.07, 6.45) is -0.795. The van der Waals surface area contributed by atoms with Crippen molar-refractivity contribution in [2.75, 3.05) is 0 Å². The van der Waals surface area contributed by atoms with Crippen molar-refractivity contribution in [3.8, 4) is 11.8 Å². The van der Waals surface area contributed by atoms with Gasteiger partial charge in [0.05, 0.1) is 22.5 Å². The van der Waals surface area contributed by atoms with Crippen molar-refractivity contribution >= 4 is 17.2 Å². The molecule has 1 aromatic carbocycles. The maximum absolute atomic E-state index is 10.7. The molecule has 0 aliphatic carbocycles. The van der Waals surface area contributed by atoms with Gasteiger partial charge in [-0.25, -0.2) is 0 Å². The van der Waals surface area contributed by atoms with Gasteiger partial charge in [-0.15, -0.1) is 0 Å². The quantitative estimate of drug-likeness (QED) is 0.780. The molecule has 118 valence electrons. The summed E-state index contributed by atoms with van der Waals surface area (Å²) < 4.78 is 5.89. The Balaban J connectivity index is 2.51. The van der Waals surface area contributed by atoms with Gasteiger partial charge in [0.25, 0.3) is 0 Å². The van der Waals surface area contributed by atoms with Gasteiger partial charge in [0.1, 0.15) is 17.5 Å². The Hall–Kier alpha value is -1.64. The van der Waals surface area contributed by atoms with Crippen molar-refractivity contribution in [1.82, 2.24) is 5.32 Å². The van der Waals surface area contributed by atoms with Gasteiger partial charge in [-0.3, -0.25) is 0 Å². The van der Waals surface area contributed by atoms with Crippen LogP contribution in [0.3, 0.4) is 0 Å². The van der Waals surface area contributed by atoms with Gasteiger partial charge in [0.15, 0.2) is 0 Å². The molecule has 0 unspecified atom stereocenters. The zero-order chi connectivity index (χ0) is 16.7. The number of benzene rings is 1. The molecular formula is C17H22N2O2S. The molecule has 0 radical (unpaired) electrons. The van der Waals surface area contributed by atoms with E-state index in [1.165, 1.54) is 0 Å². The third-order valence-corrected chi connectivity index (χ3v) is 4.01. The average molecular weight is 318 g/mol. The van der Waals surface area contributed by atoms with Crippen LogP contribution in [0.1, 0.15) is 51.7 Å². The van der Waals surface area contributed by atoms with Gasteiger partial charge in [0.2, 0.25) is 0 Å². The van der Waals surface area contributed by atoms with E-state index < -0.39 is 17.6 Å². The first-order chi connectivity index (χ1) is 10.0. The highest BCUT2D eigenvalue weighted by Crippen LogP contribution is 2.42. The van der Waals surface area contributed by atoms with Crippen molar-refractivity contribution in [1.29, 1.82) is 5.26 Å². The number of fused-ring (bicyclic) bond motifs is 1. The molecule has 1 aliphatic heterocycles.